The van der Waals surface area contributed by atoms with Gasteiger partial charge in [-0.05, 0) is 0 Å². The maximum absolute atomic E-state index is 5.46. The van der Waals surface area contributed by atoms with Crippen LogP contribution < -0.4 is 5.32 Å². The van der Waals surface area contributed by atoms with Crippen LogP contribution in [0.2, 0.25) is 0 Å². The number of nitrogens with zero attached hydrogens (tertiary/aromatic N) is 1. The molecule has 0 aliphatic rings. The molecular formula is C6H9ClIN3. The summed E-state index contributed by atoms with van der Waals surface area (Å²) in [4.78, 5) is 7.17. The van der Waals surface area contributed by atoms with E-state index in [1.54, 1.807) is 6.20 Å². The Morgan fingerprint density at radius 3 is 3.18 bits per heavy atom. The molecule has 0 aromatic carbocycles. The SMILES string of the molecule is ClCNCC(I)c1ncc[nH]1. The molecule has 0 radical (unpaired) electrons. The number of alkyl halides is 2. The standard InChI is InChI=1S/C6H9ClIN3/c7-4-9-3-5(8)6-10-1-2-11-6/h1-2,5,9H,3-4H2,(H,10,11). The smallest absolute Gasteiger partial charge is 0.120 e. The highest BCUT2D eigenvalue weighted by Gasteiger charge is 2.07. The van der Waals surface area contributed by atoms with Crippen molar-refractivity contribution in [3.63, 3.8) is 0 Å². The van der Waals surface area contributed by atoms with Gasteiger partial charge in [0.05, 0.1) is 9.93 Å². The van der Waals surface area contributed by atoms with Gasteiger partial charge >= 0.3 is 0 Å². The van der Waals surface area contributed by atoms with Gasteiger partial charge in [0.15, 0.2) is 0 Å². The van der Waals surface area contributed by atoms with Gasteiger partial charge in [-0.2, -0.15) is 0 Å². The molecule has 0 aliphatic carbocycles. The molecule has 1 heterocycles. The minimum absolute atomic E-state index is 0.362. The van der Waals surface area contributed by atoms with E-state index >= 15 is 0 Å². The first-order valence-corrected chi connectivity index (χ1v) is 5.02. The molecule has 0 aliphatic heterocycles. The molecule has 1 atom stereocenters. The minimum atomic E-state index is 0.362. The molecule has 11 heavy (non-hydrogen) atoms. The Morgan fingerprint density at radius 2 is 2.64 bits per heavy atom. The van der Waals surface area contributed by atoms with Gasteiger partial charge in [-0.3, -0.25) is 0 Å². The molecule has 1 rings (SSSR count). The summed E-state index contributed by atoms with van der Waals surface area (Å²) in [5, 5.41) is 3.03. The van der Waals surface area contributed by atoms with Crippen molar-refractivity contribution < 1.29 is 0 Å². The minimum Gasteiger partial charge on any atom is -0.348 e. The summed E-state index contributed by atoms with van der Waals surface area (Å²) >= 11 is 7.77. The van der Waals surface area contributed by atoms with Crippen LogP contribution in [-0.2, 0) is 0 Å². The molecule has 0 amide bonds. The highest BCUT2D eigenvalue weighted by Crippen LogP contribution is 2.17. The molecule has 5 heteroatoms. The molecule has 0 saturated carbocycles. The van der Waals surface area contributed by atoms with Gasteiger partial charge < -0.3 is 10.3 Å². The van der Waals surface area contributed by atoms with Gasteiger partial charge in [0, 0.05) is 18.9 Å². The Kier molecular flexibility index (Phi) is 4.17. The lowest BCUT2D eigenvalue weighted by molar-refractivity contribution is 0.750. The van der Waals surface area contributed by atoms with Crippen molar-refractivity contribution in [1.29, 1.82) is 0 Å². The number of H-pyrrole nitrogens is 1. The molecule has 0 bridgehead atoms. The second-order valence-electron chi connectivity index (χ2n) is 2.03. The second-order valence-corrected chi connectivity index (χ2v) is 3.80. The molecule has 1 unspecified atom stereocenters. The summed E-state index contributed by atoms with van der Waals surface area (Å²) in [6.07, 6.45) is 3.57. The van der Waals surface area contributed by atoms with E-state index in [1.165, 1.54) is 0 Å². The van der Waals surface area contributed by atoms with Crippen molar-refractivity contribution in [2.45, 2.75) is 3.92 Å². The third kappa shape index (κ3) is 2.96. The van der Waals surface area contributed by atoms with Crippen molar-refractivity contribution in [2.24, 2.45) is 0 Å². The average molecular weight is 286 g/mol. The van der Waals surface area contributed by atoms with Crippen molar-refractivity contribution in [1.82, 2.24) is 15.3 Å². The molecule has 0 fully saturated rings. The zero-order valence-electron chi connectivity index (χ0n) is 5.85. The Hall–Kier alpha value is 0.190. The number of aromatic nitrogens is 2. The first-order valence-electron chi connectivity index (χ1n) is 3.24. The number of nitrogens with one attached hydrogen (secondary N) is 2. The molecule has 2 N–H and O–H groups in total. The van der Waals surface area contributed by atoms with E-state index in [0.29, 0.717) is 9.93 Å². The van der Waals surface area contributed by atoms with Crippen LogP contribution in [0.25, 0.3) is 0 Å². The van der Waals surface area contributed by atoms with Crippen LogP contribution in [-0.4, -0.2) is 22.5 Å². The van der Waals surface area contributed by atoms with Crippen molar-refractivity contribution in [3.05, 3.63) is 18.2 Å². The Bertz CT molecular complexity index is 190. The van der Waals surface area contributed by atoms with Gasteiger partial charge in [0.2, 0.25) is 0 Å². The molecule has 0 saturated heterocycles. The lowest BCUT2D eigenvalue weighted by Crippen LogP contribution is -2.17. The van der Waals surface area contributed by atoms with E-state index in [9.17, 15) is 0 Å². The Labute approximate surface area is 84.1 Å². The van der Waals surface area contributed by atoms with Crippen LogP contribution in [0.5, 0.6) is 0 Å². The van der Waals surface area contributed by atoms with E-state index in [0.717, 1.165) is 12.4 Å². The normalized spacial score (nSPS) is 13.3. The zero-order chi connectivity index (χ0) is 8.10. The Morgan fingerprint density at radius 1 is 1.82 bits per heavy atom. The highest BCUT2D eigenvalue weighted by atomic mass is 127. The highest BCUT2D eigenvalue weighted by molar-refractivity contribution is 14.1. The quantitative estimate of drug-likeness (QED) is 0.502. The lowest BCUT2D eigenvalue weighted by Gasteiger charge is -2.05. The first kappa shape index (κ1) is 9.28. The third-order valence-electron chi connectivity index (χ3n) is 1.23. The maximum Gasteiger partial charge on any atom is 0.120 e. The third-order valence-corrected chi connectivity index (χ3v) is 2.45. The van der Waals surface area contributed by atoms with Gasteiger partial charge in [0.25, 0.3) is 0 Å². The predicted octanol–water partition coefficient (Wildman–Crippen LogP) is 1.67. The number of aromatic amines is 1. The molecule has 62 valence electrons. The van der Waals surface area contributed by atoms with E-state index in [1.807, 2.05) is 6.20 Å². The Balaban J connectivity index is 2.36. The van der Waals surface area contributed by atoms with E-state index in [2.05, 4.69) is 37.9 Å². The van der Waals surface area contributed by atoms with Gasteiger partial charge in [-0.1, -0.05) is 22.6 Å². The van der Waals surface area contributed by atoms with Crippen LogP contribution in [0.15, 0.2) is 12.4 Å². The fourth-order valence-corrected chi connectivity index (χ4v) is 1.49. The first-order chi connectivity index (χ1) is 5.34. The topological polar surface area (TPSA) is 40.7 Å². The van der Waals surface area contributed by atoms with Crippen LogP contribution in [0.3, 0.4) is 0 Å². The van der Waals surface area contributed by atoms with Crippen LogP contribution in [0.4, 0.5) is 0 Å². The largest absolute Gasteiger partial charge is 0.348 e. The summed E-state index contributed by atoms with van der Waals surface area (Å²) < 4.78 is 0.362. The average Bonchev–Trinajstić information content (AvgIpc) is 2.52. The fourth-order valence-electron chi connectivity index (χ4n) is 0.727. The fraction of sp³-hybridized carbons (Fsp3) is 0.500. The lowest BCUT2D eigenvalue weighted by atomic mass is 10.4. The number of imidazole rings is 1. The second kappa shape index (κ2) is 4.95. The summed E-state index contributed by atoms with van der Waals surface area (Å²) in [5.41, 5.74) is 0. The predicted molar refractivity (Wildman–Crippen MR) is 54.1 cm³/mol. The number of rotatable bonds is 4. The van der Waals surface area contributed by atoms with Crippen LogP contribution >= 0.6 is 34.2 Å². The monoisotopic (exact) mass is 285 g/mol. The summed E-state index contributed by atoms with van der Waals surface area (Å²) in [5.74, 6) is 0.989. The van der Waals surface area contributed by atoms with E-state index in [4.69, 9.17) is 11.6 Å². The van der Waals surface area contributed by atoms with Gasteiger partial charge in [0.1, 0.15) is 5.82 Å². The molecular weight excluding hydrogens is 276 g/mol. The van der Waals surface area contributed by atoms with Crippen molar-refractivity contribution in [3.8, 4) is 0 Å². The van der Waals surface area contributed by atoms with Crippen LogP contribution in [0.1, 0.15) is 9.75 Å². The number of hydrogen-bond acceptors (Lipinski definition) is 2. The summed E-state index contributed by atoms with van der Waals surface area (Å²) in [6.45, 7) is 0.845. The molecule has 0 spiro atoms. The van der Waals surface area contributed by atoms with Crippen LogP contribution in [0, 0.1) is 0 Å². The summed E-state index contributed by atoms with van der Waals surface area (Å²) in [6, 6.07) is 0.486. The number of hydrogen-bond donors (Lipinski definition) is 2. The summed E-state index contributed by atoms with van der Waals surface area (Å²) in [7, 11) is 0. The van der Waals surface area contributed by atoms with Crippen molar-refractivity contribution in [2.75, 3.05) is 12.5 Å². The van der Waals surface area contributed by atoms with E-state index in [-0.39, 0.29) is 0 Å². The zero-order valence-corrected chi connectivity index (χ0v) is 8.76. The molecule has 1 aromatic heterocycles. The van der Waals surface area contributed by atoms with Gasteiger partial charge in [-0.15, -0.1) is 11.6 Å². The maximum atomic E-state index is 5.46. The number of halogens is 2. The molecule has 3 nitrogen and oxygen atoms in total. The molecule has 1 aromatic rings. The van der Waals surface area contributed by atoms with Crippen molar-refractivity contribution >= 4 is 34.2 Å². The van der Waals surface area contributed by atoms with E-state index < -0.39 is 0 Å². The van der Waals surface area contributed by atoms with Gasteiger partial charge in [-0.25, -0.2) is 4.98 Å².